The van der Waals surface area contributed by atoms with Crippen LogP contribution in [0.4, 0.5) is 0 Å². The summed E-state index contributed by atoms with van der Waals surface area (Å²) in [6.45, 7) is 5.72. The molecule has 0 nitrogen and oxygen atoms in total. The first kappa shape index (κ1) is 22.7. The fourth-order valence-electron chi connectivity index (χ4n) is 0. The normalized spacial score (nSPS) is 4.29. The molecule has 0 fully saturated rings. The van der Waals surface area contributed by atoms with Crippen LogP contribution in [0.15, 0.2) is 0 Å². The van der Waals surface area contributed by atoms with Gasteiger partial charge in [0.1, 0.15) is 0 Å². The van der Waals surface area contributed by atoms with E-state index in [4.69, 9.17) is 0 Å². The third-order valence-corrected chi connectivity index (χ3v) is 0.354. The van der Waals surface area contributed by atoms with Gasteiger partial charge in [0.25, 0.3) is 0 Å². The summed E-state index contributed by atoms with van der Waals surface area (Å²) in [5.41, 5.74) is 0. The van der Waals surface area contributed by atoms with Crippen molar-refractivity contribution >= 4 is 0 Å². The van der Waals surface area contributed by atoms with E-state index in [2.05, 4.69) is 13.8 Å². The van der Waals surface area contributed by atoms with Crippen molar-refractivity contribution in [2.45, 2.75) is 19.8 Å². The molecule has 34 valence electrons. The zero-order valence-electron chi connectivity index (χ0n) is 5.50. The Bertz CT molecular complexity index is 13.7. The quantitative estimate of drug-likeness (QED) is 0.302. The smallest absolute Gasteiger partial charge is 1.00 e. The fourth-order valence-corrected chi connectivity index (χ4v) is 0. The Balaban J connectivity index is -0.0000000150. The van der Waals surface area contributed by atoms with E-state index < -0.39 is 0 Å². The van der Waals surface area contributed by atoms with E-state index in [0.717, 1.165) is 6.42 Å². The van der Waals surface area contributed by atoms with Gasteiger partial charge in [-0.3, -0.25) is 0 Å². The molecule has 0 N–H and O–H groups in total. The van der Waals surface area contributed by atoms with Crippen molar-refractivity contribution in [1.82, 2.24) is 0 Å². The van der Waals surface area contributed by atoms with Crippen LogP contribution in [0.1, 0.15) is 19.8 Å². The van der Waals surface area contributed by atoms with Gasteiger partial charge >= 0.3 is 87.8 Å². The minimum absolute atomic E-state index is 0. The number of hydrogen-bond acceptors (Lipinski definition) is 0. The first-order valence-corrected chi connectivity index (χ1v) is 1.71. The van der Waals surface area contributed by atoms with Crippen molar-refractivity contribution in [3.05, 3.63) is 6.92 Å². The third kappa shape index (κ3) is 29.0. The molecule has 0 aromatic heterocycles. The van der Waals surface area contributed by atoms with Gasteiger partial charge < -0.3 is 11.6 Å². The van der Waals surface area contributed by atoms with Crippen LogP contribution in [0.3, 0.4) is 0 Å². The fraction of sp³-hybridized carbons (Fsp3) is 0.750. The molecule has 0 saturated heterocycles. The van der Waals surface area contributed by atoms with Crippen molar-refractivity contribution in [3.63, 3.8) is 0 Å². The van der Waals surface area contributed by atoms with Gasteiger partial charge in [0.2, 0.25) is 0 Å². The van der Waals surface area contributed by atoms with Crippen LogP contribution in [0.5, 0.6) is 0 Å². The van der Waals surface area contributed by atoms with Crippen molar-refractivity contribution in [1.29, 1.82) is 0 Å². The van der Waals surface area contributed by atoms with Crippen molar-refractivity contribution < 1.29 is 92.5 Å². The van der Waals surface area contributed by atoms with E-state index in [-0.39, 0.29) is 92.5 Å². The summed E-state index contributed by atoms with van der Waals surface area (Å²) in [6, 6.07) is 0. The second-order valence-electron chi connectivity index (χ2n) is 0.854. The molecule has 0 bridgehead atoms. The van der Waals surface area contributed by atoms with Crippen molar-refractivity contribution in [2.24, 2.45) is 0 Å². The Kier molecular flexibility index (Phi) is 76.0. The summed E-state index contributed by atoms with van der Waals surface area (Å²) in [5.74, 6) is 0. The molecule has 0 aliphatic heterocycles. The first-order chi connectivity index (χ1) is 1.91. The zero-order valence-corrected chi connectivity index (χ0v) is 11.8. The number of halogens is 1. The number of rotatable bonds is 1. The van der Waals surface area contributed by atoms with Crippen molar-refractivity contribution in [2.75, 3.05) is 0 Å². The molecule has 0 aliphatic rings. The number of hydrogen-bond donors (Lipinski definition) is 0. The van der Waals surface area contributed by atoms with E-state index in [1.807, 2.05) is 0 Å². The summed E-state index contributed by atoms with van der Waals surface area (Å²) in [4.78, 5) is 0. The van der Waals surface area contributed by atoms with Crippen LogP contribution in [-0.2, 0) is 0 Å². The third-order valence-electron chi connectivity index (χ3n) is 0.354. The maximum atomic E-state index is 3.60. The monoisotopic (exact) mass is 216 g/mol. The van der Waals surface area contributed by atoms with Crippen LogP contribution < -0.4 is 92.5 Å². The molecule has 0 spiro atoms. The molecule has 0 saturated carbocycles. The average Bonchev–Trinajstić information content (AvgIpc) is 1.37. The molecule has 3 heteroatoms. The van der Waals surface area contributed by atoms with E-state index in [0.29, 0.717) is 0 Å². The van der Waals surface area contributed by atoms with Gasteiger partial charge in [-0.25, -0.2) is 0 Å². The van der Waals surface area contributed by atoms with Gasteiger partial charge in [-0.15, -0.1) is 0 Å². The topological polar surface area (TPSA) is 0 Å². The largest absolute Gasteiger partial charge is 1.00 e. The molecule has 0 amide bonds. The maximum absolute atomic E-state index is 3.60. The van der Waals surface area contributed by atoms with Crippen molar-refractivity contribution in [3.8, 4) is 0 Å². The predicted octanol–water partition coefficient (Wildman–Crippen LogP) is -7.37. The van der Waals surface area contributed by atoms with Gasteiger partial charge in [-0.05, 0) is 0 Å². The Hall–Kier alpha value is 2.58. The van der Waals surface area contributed by atoms with Gasteiger partial charge in [-0.1, -0.05) is 13.3 Å². The Morgan fingerprint density at radius 2 is 1.57 bits per heavy atom. The summed E-state index contributed by atoms with van der Waals surface area (Å²) in [7, 11) is 0. The Morgan fingerprint density at radius 3 is 1.57 bits per heavy atom. The summed E-state index contributed by atoms with van der Waals surface area (Å²) >= 11 is 0. The SMILES string of the molecule is [CH2-]CCC.[Cs+].[F-].[Li+]. The molecule has 0 radical (unpaired) electrons. The molecule has 0 aromatic rings. The zero-order chi connectivity index (χ0) is 3.41. The molecular weight excluding hydrogens is 207 g/mol. The predicted molar refractivity (Wildman–Crippen MR) is 20.3 cm³/mol. The molecule has 0 unspecified atom stereocenters. The standard InChI is InChI=1S/C4H9.Cs.FH.Li/c1-3-4-2;;;/h1,3-4H2,2H3;;1H;/q-1;+1;;+1/p-1. The average molecular weight is 216 g/mol. The molecule has 7 heavy (non-hydrogen) atoms. The summed E-state index contributed by atoms with van der Waals surface area (Å²) in [6.07, 6.45) is 2.28. The summed E-state index contributed by atoms with van der Waals surface area (Å²) in [5, 5.41) is 0. The molecule has 0 aromatic carbocycles. The molecule has 0 rings (SSSR count). The van der Waals surface area contributed by atoms with Crippen LogP contribution in [0.25, 0.3) is 0 Å². The van der Waals surface area contributed by atoms with E-state index in [1.165, 1.54) is 6.42 Å². The van der Waals surface area contributed by atoms with E-state index >= 15 is 0 Å². The second kappa shape index (κ2) is 23.5. The Labute approximate surface area is 116 Å². The minimum Gasteiger partial charge on any atom is -1.00 e. The van der Waals surface area contributed by atoms with Crippen LogP contribution in [0, 0.1) is 6.92 Å². The van der Waals surface area contributed by atoms with E-state index in [1.54, 1.807) is 0 Å². The molecule has 0 aliphatic carbocycles. The maximum Gasteiger partial charge on any atom is 1.00 e. The molecule has 0 heterocycles. The van der Waals surface area contributed by atoms with Crippen LogP contribution >= 0.6 is 0 Å². The van der Waals surface area contributed by atoms with Gasteiger partial charge in [0.15, 0.2) is 0 Å². The van der Waals surface area contributed by atoms with Crippen LogP contribution in [0.2, 0.25) is 0 Å². The Morgan fingerprint density at radius 1 is 1.43 bits per heavy atom. The van der Waals surface area contributed by atoms with Gasteiger partial charge in [0.05, 0.1) is 0 Å². The second-order valence-corrected chi connectivity index (χ2v) is 0.854. The molecule has 0 atom stereocenters. The summed E-state index contributed by atoms with van der Waals surface area (Å²) < 4.78 is 0. The minimum atomic E-state index is 0. The first-order valence-electron chi connectivity index (χ1n) is 1.71. The van der Waals surface area contributed by atoms with E-state index in [9.17, 15) is 0 Å². The number of unbranched alkanes of at least 4 members (excludes halogenated alkanes) is 1. The van der Waals surface area contributed by atoms with Gasteiger partial charge in [-0.2, -0.15) is 6.42 Å². The van der Waals surface area contributed by atoms with Crippen LogP contribution in [-0.4, -0.2) is 0 Å². The molecular formula is C4H9CsFLi. The van der Waals surface area contributed by atoms with Gasteiger partial charge in [0, 0.05) is 0 Å².